The molecule has 1 aromatic heterocycles. The zero-order valence-corrected chi connectivity index (χ0v) is 19.0. The summed E-state index contributed by atoms with van der Waals surface area (Å²) in [6.45, 7) is 5.10. The number of nitrogens with two attached hydrogens (primary N) is 2. The van der Waals surface area contributed by atoms with Crippen LogP contribution in [0.5, 0.6) is 0 Å². The van der Waals surface area contributed by atoms with Gasteiger partial charge in [0.05, 0.1) is 23.6 Å². The van der Waals surface area contributed by atoms with Gasteiger partial charge in [0.1, 0.15) is 5.82 Å². The van der Waals surface area contributed by atoms with Gasteiger partial charge in [-0.1, -0.05) is 54.1 Å². The van der Waals surface area contributed by atoms with Gasteiger partial charge in [0.25, 0.3) is 0 Å². The number of aryl methyl sites for hydroxylation is 2. The van der Waals surface area contributed by atoms with Crippen molar-refractivity contribution in [1.82, 2.24) is 9.55 Å². The van der Waals surface area contributed by atoms with Gasteiger partial charge in [0, 0.05) is 23.7 Å². The van der Waals surface area contributed by atoms with Crippen molar-refractivity contribution >= 4 is 28.6 Å². The second-order valence-corrected chi connectivity index (χ2v) is 8.47. The Morgan fingerprint density at radius 3 is 2.44 bits per heavy atom. The van der Waals surface area contributed by atoms with E-state index in [1.165, 1.54) is 0 Å². The predicted octanol–water partition coefficient (Wildman–Crippen LogP) is 4.91. The lowest BCUT2D eigenvalue weighted by molar-refractivity contribution is 0.607. The molecule has 32 heavy (non-hydrogen) atoms. The summed E-state index contributed by atoms with van der Waals surface area (Å²) in [4.78, 5) is 4.88. The van der Waals surface area contributed by atoms with Gasteiger partial charge in [-0.15, -0.1) is 0 Å². The quantitative estimate of drug-likeness (QED) is 0.372. The van der Waals surface area contributed by atoms with E-state index in [1.807, 2.05) is 59.2 Å². The zero-order chi connectivity index (χ0) is 22.8. The van der Waals surface area contributed by atoms with Crippen molar-refractivity contribution in [3.8, 4) is 0 Å². The Morgan fingerprint density at radius 2 is 1.78 bits per heavy atom. The molecule has 0 radical (unpaired) electrons. The smallest absolute Gasteiger partial charge is 0.204 e. The Morgan fingerprint density at radius 1 is 1.09 bits per heavy atom. The minimum Gasteiger partial charge on any atom is -0.354 e. The van der Waals surface area contributed by atoms with Crippen LogP contribution in [0.4, 0.5) is 10.3 Å². The molecule has 0 aliphatic carbocycles. The number of aromatic nitrogens is 2. The first kappa shape index (κ1) is 22.3. The van der Waals surface area contributed by atoms with E-state index in [0.29, 0.717) is 41.7 Å². The number of fused-ring (bicyclic) bond motifs is 1. The summed E-state index contributed by atoms with van der Waals surface area (Å²) in [6, 6.07) is 17.0. The maximum Gasteiger partial charge on any atom is 0.204 e. The molecule has 0 amide bonds. The van der Waals surface area contributed by atoms with Crippen LogP contribution in [-0.2, 0) is 6.54 Å². The van der Waals surface area contributed by atoms with Crippen molar-refractivity contribution in [2.24, 2.45) is 11.5 Å². The maximum atomic E-state index is 14.2. The molecule has 5 N–H and O–H groups in total. The number of benzene rings is 3. The monoisotopic (exact) mass is 451 g/mol. The minimum atomic E-state index is -0.376. The average Bonchev–Trinajstić information content (AvgIpc) is 3.12. The number of hydrogen-bond acceptors (Lipinski definition) is 4. The van der Waals surface area contributed by atoms with Crippen LogP contribution < -0.4 is 16.8 Å². The van der Waals surface area contributed by atoms with Gasteiger partial charge >= 0.3 is 0 Å². The lowest BCUT2D eigenvalue weighted by Gasteiger charge is -2.15. The lowest BCUT2D eigenvalue weighted by Crippen LogP contribution is -2.16. The third kappa shape index (κ3) is 4.35. The Bertz CT molecular complexity index is 1230. The van der Waals surface area contributed by atoms with Gasteiger partial charge in [-0.2, -0.15) is 0 Å². The second-order valence-electron chi connectivity index (χ2n) is 8.03. The van der Waals surface area contributed by atoms with Crippen LogP contribution in [0.1, 0.15) is 33.9 Å². The van der Waals surface area contributed by atoms with Crippen molar-refractivity contribution < 1.29 is 4.39 Å². The zero-order valence-electron chi connectivity index (χ0n) is 18.2. The van der Waals surface area contributed by atoms with Gasteiger partial charge < -0.3 is 21.4 Å². The Kier molecular flexibility index (Phi) is 6.46. The van der Waals surface area contributed by atoms with E-state index in [9.17, 15) is 4.39 Å². The molecule has 5 nitrogen and oxygen atoms in total. The van der Waals surface area contributed by atoms with Gasteiger partial charge in [-0.05, 0) is 48.2 Å². The van der Waals surface area contributed by atoms with Crippen LogP contribution in [0.2, 0.25) is 5.02 Å². The van der Waals surface area contributed by atoms with E-state index in [1.54, 1.807) is 13.8 Å². The largest absolute Gasteiger partial charge is 0.354 e. The van der Waals surface area contributed by atoms with E-state index in [-0.39, 0.29) is 11.9 Å². The normalized spacial score (nSPS) is 12.3. The summed E-state index contributed by atoms with van der Waals surface area (Å²) < 4.78 is 16.2. The van der Waals surface area contributed by atoms with Crippen molar-refractivity contribution in [2.75, 3.05) is 18.4 Å². The fraction of sp³-hybridized carbons (Fsp3) is 0.240. The molecule has 0 aliphatic rings. The lowest BCUT2D eigenvalue weighted by atomic mass is 9.98. The molecule has 7 heteroatoms. The van der Waals surface area contributed by atoms with E-state index in [4.69, 9.17) is 28.1 Å². The fourth-order valence-electron chi connectivity index (χ4n) is 4.08. The highest BCUT2D eigenvalue weighted by molar-refractivity contribution is 6.31. The molecule has 3 aromatic carbocycles. The molecule has 0 aliphatic heterocycles. The van der Waals surface area contributed by atoms with Crippen molar-refractivity contribution in [2.45, 2.75) is 26.4 Å². The molecule has 0 bridgehead atoms. The first-order valence-electron chi connectivity index (χ1n) is 10.6. The van der Waals surface area contributed by atoms with Gasteiger partial charge in [0.15, 0.2) is 0 Å². The summed E-state index contributed by atoms with van der Waals surface area (Å²) >= 11 is 6.53. The molecule has 0 fully saturated rings. The SMILES string of the molecule is Cc1cc(Cn2c(NCCN)nc3c(C(N)c4ccccc4)cc(Cl)cc32)cc(C)c1F. The van der Waals surface area contributed by atoms with E-state index < -0.39 is 0 Å². The highest BCUT2D eigenvalue weighted by Crippen LogP contribution is 2.33. The maximum absolute atomic E-state index is 14.2. The molecule has 4 aromatic rings. The van der Waals surface area contributed by atoms with Crippen molar-refractivity contribution in [3.63, 3.8) is 0 Å². The summed E-state index contributed by atoms with van der Waals surface area (Å²) in [5, 5.41) is 3.89. The minimum absolute atomic E-state index is 0.176. The molecule has 0 saturated heterocycles. The van der Waals surface area contributed by atoms with E-state index in [2.05, 4.69) is 5.32 Å². The van der Waals surface area contributed by atoms with Crippen molar-refractivity contribution in [1.29, 1.82) is 0 Å². The average molecular weight is 452 g/mol. The number of anilines is 1. The Balaban J connectivity index is 1.87. The first-order chi connectivity index (χ1) is 15.4. The van der Waals surface area contributed by atoms with Crippen LogP contribution in [0, 0.1) is 19.7 Å². The fourth-order valence-corrected chi connectivity index (χ4v) is 4.30. The molecular formula is C25H27ClFN5. The number of halogens is 2. The number of nitrogens with zero attached hydrogens (tertiary/aromatic N) is 2. The van der Waals surface area contributed by atoms with E-state index in [0.717, 1.165) is 27.7 Å². The van der Waals surface area contributed by atoms with Crippen LogP contribution in [0.15, 0.2) is 54.6 Å². The van der Waals surface area contributed by atoms with E-state index >= 15 is 0 Å². The van der Waals surface area contributed by atoms with Crippen molar-refractivity contribution in [3.05, 3.63) is 93.3 Å². The Hall–Kier alpha value is -2.93. The number of hydrogen-bond donors (Lipinski definition) is 3. The molecule has 1 atom stereocenters. The van der Waals surface area contributed by atoms with Gasteiger partial charge in [-0.25, -0.2) is 9.37 Å². The standard InChI is InChI=1S/C25H27ClFN5/c1-15-10-17(11-16(2)22(15)27)14-32-21-13-19(26)12-20(23(29)18-6-4-3-5-7-18)24(21)31-25(32)30-9-8-28/h3-7,10-13,23H,8-9,14,28-29H2,1-2H3,(H,30,31). The topological polar surface area (TPSA) is 81.9 Å². The molecule has 1 heterocycles. The van der Waals surface area contributed by atoms with Gasteiger partial charge in [0.2, 0.25) is 5.95 Å². The highest BCUT2D eigenvalue weighted by Gasteiger charge is 2.20. The number of nitrogens with one attached hydrogen (secondary N) is 1. The third-order valence-corrected chi connectivity index (χ3v) is 5.82. The second kappa shape index (κ2) is 9.28. The molecule has 1 unspecified atom stereocenters. The van der Waals surface area contributed by atoms with Crippen LogP contribution in [0.25, 0.3) is 11.0 Å². The molecule has 4 rings (SSSR count). The number of rotatable bonds is 7. The van der Waals surface area contributed by atoms with Crippen LogP contribution in [-0.4, -0.2) is 22.6 Å². The third-order valence-electron chi connectivity index (χ3n) is 5.61. The predicted molar refractivity (Wildman–Crippen MR) is 130 cm³/mol. The molecule has 0 spiro atoms. The summed E-state index contributed by atoms with van der Waals surface area (Å²) in [5.74, 6) is 0.499. The van der Waals surface area contributed by atoms with Crippen LogP contribution >= 0.6 is 11.6 Å². The van der Waals surface area contributed by atoms with Gasteiger partial charge in [-0.3, -0.25) is 0 Å². The number of imidazole rings is 1. The highest BCUT2D eigenvalue weighted by atomic mass is 35.5. The van der Waals surface area contributed by atoms with Crippen LogP contribution in [0.3, 0.4) is 0 Å². The Labute approximate surface area is 192 Å². The molecule has 0 saturated carbocycles. The first-order valence-corrected chi connectivity index (χ1v) is 11.0. The summed E-state index contributed by atoms with van der Waals surface area (Å²) in [7, 11) is 0. The summed E-state index contributed by atoms with van der Waals surface area (Å²) in [5.41, 5.74) is 18.0. The molecule has 166 valence electrons. The molecular weight excluding hydrogens is 425 g/mol. The summed E-state index contributed by atoms with van der Waals surface area (Å²) in [6.07, 6.45) is 0.